The third-order valence-corrected chi connectivity index (χ3v) is 3.96. The van der Waals surface area contributed by atoms with E-state index in [1.54, 1.807) is 0 Å². The molecule has 1 heterocycles. The molecule has 2 nitrogen and oxygen atoms in total. The van der Waals surface area contributed by atoms with Gasteiger partial charge in [0.15, 0.2) is 0 Å². The standard InChI is InChI=1S/C16H24O2/c1-13(2)15-6-4-14(5-7-15)10-16(11-17)8-3-9-18-12-16/h4-7,13,17H,3,8-12H2,1-2H3. The van der Waals surface area contributed by atoms with Crippen LogP contribution in [0.2, 0.25) is 0 Å². The molecule has 0 radical (unpaired) electrons. The summed E-state index contributed by atoms with van der Waals surface area (Å²) in [6.07, 6.45) is 3.04. The number of benzene rings is 1. The smallest absolute Gasteiger partial charge is 0.0547 e. The van der Waals surface area contributed by atoms with E-state index in [2.05, 4.69) is 38.1 Å². The highest BCUT2D eigenvalue weighted by Crippen LogP contribution is 2.32. The molecule has 18 heavy (non-hydrogen) atoms. The van der Waals surface area contributed by atoms with Crippen LogP contribution in [0.15, 0.2) is 24.3 Å². The normalized spacial score (nSPS) is 24.4. The largest absolute Gasteiger partial charge is 0.396 e. The van der Waals surface area contributed by atoms with Gasteiger partial charge in [0.2, 0.25) is 0 Å². The Labute approximate surface area is 110 Å². The van der Waals surface area contributed by atoms with Gasteiger partial charge in [0.05, 0.1) is 13.2 Å². The van der Waals surface area contributed by atoms with Gasteiger partial charge in [-0.3, -0.25) is 0 Å². The van der Waals surface area contributed by atoms with Crippen LogP contribution in [0.4, 0.5) is 0 Å². The predicted molar refractivity (Wildman–Crippen MR) is 73.8 cm³/mol. The van der Waals surface area contributed by atoms with Crippen LogP contribution in [0, 0.1) is 5.41 Å². The summed E-state index contributed by atoms with van der Waals surface area (Å²) in [6, 6.07) is 8.80. The molecule has 1 atom stereocenters. The quantitative estimate of drug-likeness (QED) is 0.887. The summed E-state index contributed by atoms with van der Waals surface area (Å²) in [6.45, 7) is 6.17. The molecule has 1 aliphatic heterocycles. The minimum absolute atomic E-state index is 0.0579. The molecule has 0 spiro atoms. The fourth-order valence-electron chi connectivity index (χ4n) is 2.68. The van der Waals surface area contributed by atoms with Crippen LogP contribution in [-0.2, 0) is 11.2 Å². The molecule has 1 fully saturated rings. The number of ether oxygens (including phenoxy) is 1. The fraction of sp³-hybridized carbons (Fsp3) is 0.625. The van der Waals surface area contributed by atoms with Gasteiger partial charge in [-0.05, 0) is 36.3 Å². The SMILES string of the molecule is CC(C)c1ccc(CC2(CO)CCCOC2)cc1. The van der Waals surface area contributed by atoms with Crippen LogP contribution in [0.5, 0.6) is 0 Å². The van der Waals surface area contributed by atoms with E-state index >= 15 is 0 Å². The Kier molecular flexibility index (Phi) is 4.41. The molecule has 0 bridgehead atoms. The molecule has 0 amide bonds. The summed E-state index contributed by atoms with van der Waals surface area (Å²) in [5, 5.41) is 9.67. The maximum Gasteiger partial charge on any atom is 0.0547 e. The molecule has 2 rings (SSSR count). The van der Waals surface area contributed by atoms with Crippen molar-refractivity contribution in [1.82, 2.24) is 0 Å². The summed E-state index contributed by atoms with van der Waals surface area (Å²) < 4.78 is 5.55. The van der Waals surface area contributed by atoms with Crippen LogP contribution >= 0.6 is 0 Å². The van der Waals surface area contributed by atoms with Crippen molar-refractivity contribution < 1.29 is 9.84 Å². The van der Waals surface area contributed by atoms with Gasteiger partial charge < -0.3 is 9.84 Å². The van der Waals surface area contributed by atoms with E-state index in [4.69, 9.17) is 4.74 Å². The van der Waals surface area contributed by atoms with Crippen LogP contribution in [0.3, 0.4) is 0 Å². The van der Waals surface area contributed by atoms with E-state index in [0.29, 0.717) is 12.5 Å². The Morgan fingerprint density at radius 3 is 2.50 bits per heavy atom. The van der Waals surface area contributed by atoms with E-state index in [0.717, 1.165) is 25.9 Å². The van der Waals surface area contributed by atoms with E-state index in [1.165, 1.54) is 11.1 Å². The van der Waals surface area contributed by atoms with Crippen LogP contribution < -0.4 is 0 Å². The van der Waals surface area contributed by atoms with E-state index < -0.39 is 0 Å². The highest BCUT2D eigenvalue weighted by molar-refractivity contribution is 5.25. The Morgan fingerprint density at radius 2 is 2.00 bits per heavy atom. The topological polar surface area (TPSA) is 29.5 Å². The van der Waals surface area contributed by atoms with Gasteiger partial charge >= 0.3 is 0 Å². The first kappa shape index (κ1) is 13.6. The minimum atomic E-state index is -0.0579. The maximum absolute atomic E-state index is 9.67. The Hall–Kier alpha value is -0.860. The van der Waals surface area contributed by atoms with Crippen molar-refractivity contribution >= 4 is 0 Å². The van der Waals surface area contributed by atoms with Crippen molar-refractivity contribution in [3.63, 3.8) is 0 Å². The fourth-order valence-corrected chi connectivity index (χ4v) is 2.68. The number of hydrogen-bond donors (Lipinski definition) is 1. The minimum Gasteiger partial charge on any atom is -0.396 e. The van der Waals surface area contributed by atoms with Crippen LogP contribution in [0.1, 0.15) is 43.7 Å². The van der Waals surface area contributed by atoms with E-state index in [9.17, 15) is 5.11 Å². The molecule has 1 aromatic rings. The zero-order chi connectivity index (χ0) is 13.0. The monoisotopic (exact) mass is 248 g/mol. The van der Waals surface area contributed by atoms with E-state index in [-0.39, 0.29) is 12.0 Å². The lowest BCUT2D eigenvalue weighted by Gasteiger charge is -2.35. The molecule has 1 unspecified atom stereocenters. The Bertz CT molecular complexity index is 361. The van der Waals surface area contributed by atoms with Crippen molar-refractivity contribution in [1.29, 1.82) is 0 Å². The third kappa shape index (κ3) is 3.12. The van der Waals surface area contributed by atoms with Gasteiger partial charge in [0, 0.05) is 12.0 Å². The lowest BCUT2D eigenvalue weighted by atomic mass is 9.78. The average Bonchev–Trinajstić information content (AvgIpc) is 2.40. The molecule has 2 heteroatoms. The zero-order valence-corrected chi connectivity index (χ0v) is 11.5. The van der Waals surface area contributed by atoms with Crippen molar-refractivity contribution in [2.24, 2.45) is 5.41 Å². The summed E-state index contributed by atoms with van der Waals surface area (Å²) in [4.78, 5) is 0. The first-order valence-electron chi connectivity index (χ1n) is 6.93. The molecular weight excluding hydrogens is 224 g/mol. The van der Waals surface area contributed by atoms with Gasteiger partial charge in [-0.25, -0.2) is 0 Å². The predicted octanol–water partition coefficient (Wildman–Crippen LogP) is 3.14. The second-order valence-corrected chi connectivity index (χ2v) is 5.89. The lowest BCUT2D eigenvalue weighted by Crippen LogP contribution is -2.37. The number of hydrogen-bond acceptors (Lipinski definition) is 2. The van der Waals surface area contributed by atoms with Gasteiger partial charge in [-0.2, -0.15) is 0 Å². The van der Waals surface area contributed by atoms with Crippen molar-refractivity contribution in [2.45, 2.75) is 39.0 Å². The number of rotatable bonds is 4. The summed E-state index contributed by atoms with van der Waals surface area (Å²) in [7, 11) is 0. The number of aliphatic hydroxyl groups is 1. The first-order valence-corrected chi connectivity index (χ1v) is 6.93. The number of aliphatic hydroxyl groups excluding tert-OH is 1. The lowest BCUT2D eigenvalue weighted by molar-refractivity contribution is -0.0378. The second kappa shape index (κ2) is 5.85. The molecule has 100 valence electrons. The maximum atomic E-state index is 9.67. The van der Waals surface area contributed by atoms with E-state index in [1.807, 2.05) is 0 Å². The van der Waals surface area contributed by atoms with Crippen molar-refractivity contribution in [3.8, 4) is 0 Å². The highest BCUT2D eigenvalue weighted by atomic mass is 16.5. The Morgan fingerprint density at radius 1 is 1.28 bits per heavy atom. The molecule has 0 aliphatic carbocycles. The third-order valence-electron chi connectivity index (χ3n) is 3.96. The van der Waals surface area contributed by atoms with Crippen molar-refractivity contribution in [2.75, 3.05) is 19.8 Å². The molecule has 1 saturated heterocycles. The highest BCUT2D eigenvalue weighted by Gasteiger charge is 2.32. The summed E-state index contributed by atoms with van der Waals surface area (Å²) in [5.41, 5.74) is 2.62. The zero-order valence-electron chi connectivity index (χ0n) is 11.5. The molecule has 1 aliphatic rings. The average molecular weight is 248 g/mol. The molecule has 1 N–H and O–H groups in total. The van der Waals surface area contributed by atoms with Gasteiger partial charge in [0.25, 0.3) is 0 Å². The van der Waals surface area contributed by atoms with Crippen LogP contribution in [0.25, 0.3) is 0 Å². The van der Waals surface area contributed by atoms with Gasteiger partial charge in [0.1, 0.15) is 0 Å². The van der Waals surface area contributed by atoms with Gasteiger partial charge in [-0.1, -0.05) is 38.1 Å². The van der Waals surface area contributed by atoms with Crippen LogP contribution in [-0.4, -0.2) is 24.9 Å². The molecular formula is C16H24O2. The summed E-state index contributed by atoms with van der Waals surface area (Å²) in [5.74, 6) is 0.573. The summed E-state index contributed by atoms with van der Waals surface area (Å²) >= 11 is 0. The van der Waals surface area contributed by atoms with Crippen molar-refractivity contribution in [3.05, 3.63) is 35.4 Å². The van der Waals surface area contributed by atoms with Gasteiger partial charge in [-0.15, -0.1) is 0 Å². The first-order chi connectivity index (χ1) is 8.65. The molecule has 1 aromatic carbocycles. The molecule has 0 aromatic heterocycles. The Balaban J connectivity index is 2.07. The molecule has 0 saturated carbocycles. The second-order valence-electron chi connectivity index (χ2n) is 5.89.